The number of hydrogen-bond donors (Lipinski definition) is 0. The second kappa shape index (κ2) is 12.5. The van der Waals surface area contributed by atoms with Gasteiger partial charge >= 0.3 is 0 Å². The number of hydrogen-bond acceptors (Lipinski definition) is 3. The Bertz CT molecular complexity index is 2130. The molecule has 0 spiro atoms. The Labute approximate surface area is 278 Å². The van der Waals surface area contributed by atoms with Crippen LogP contribution < -0.4 is 4.74 Å². The van der Waals surface area contributed by atoms with Gasteiger partial charge in [-0.15, -0.1) is 0 Å². The molecule has 3 aromatic heterocycles. The summed E-state index contributed by atoms with van der Waals surface area (Å²) in [6, 6.07) is 25.8. The Morgan fingerprint density at radius 1 is 0.872 bits per heavy atom. The second-order valence-electron chi connectivity index (χ2n) is 13.6. The molecule has 0 radical (unpaired) electrons. The molecule has 6 aromatic rings. The van der Waals surface area contributed by atoms with Crippen molar-refractivity contribution in [2.24, 2.45) is 5.92 Å². The lowest BCUT2D eigenvalue weighted by Crippen LogP contribution is -2.17. The highest BCUT2D eigenvalue weighted by Gasteiger charge is 2.31. The van der Waals surface area contributed by atoms with Gasteiger partial charge in [-0.3, -0.25) is 4.57 Å². The van der Waals surface area contributed by atoms with Crippen molar-refractivity contribution in [3.05, 3.63) is 119 Å². The van der Waals surface area contributed by atoms with Gasteiger partial charge in [0.1, 0.15) is 17.3 Å². The van der Waals surface area contributed by atoms with Crippen molar-refractivity contribution < 1.29 is 4.74 Å². The maximum absolute atomic E-state index is 6.75. The van der Waals surface area contributed by atoms with E-state index in [0.717, 1.165) is 46.9 Å². The van der Waals surface area contributed by atoms with E-state index in [-0.39, 0.29) is 0 Å². The topological polar surface area (TPSA) is 44.9 Å². The maximum Gasteiger partial charge on any atom is 0.137 e. The molecule has 3 heterocycles. The Hall–Kier alpha value is -4.64. The zero-order valence-corrected chi connectivity index (χ0v) is 28.8. The van der Waals surface area contributed by atoms with Crippen LogP contribution in [0.3, 0.4) is 0 Å². The average molecular weight is 623 g/mol. The van der Waals surface area contributed by atoms with Crippen molar-refractivity contribution in [2.45, 2.75) is 86.0 Å². The number of aryl methyl sites for hydroxylation is 2. The van der Waals surface area contributed by atoms with E-state index in [9.17, 15) is 0 Å². The highest BCUT2D eigenvalue weighted by Crippen LogP contribution is 2.43. The van der Waals surface area contributed by atoms with E-state index in [0.29, 0.717) is 17.8 Å². The number of para-hydroxylation sites is 1. The van der Waals surface area contributed by atoms with Crippen LogP contribution in [0.1, 0.15) is 94.3 Å². The fraction of sp³-hybridized carbons (Fsp3) is 0.333. The zero-order chi connectivity index (χ0) is 32.8. The monoisotopic (exact) mass is 622 g/mol. The molecule has 0 saturated heterocycles. The number of rotatable bonds is 8. The van der Waals surface area contributed by atoms with Crippen molar-refractivity contribution in [1.82, 2.24) is 19.3 Å². The number of pyridine rings is 1. The first-order valence-electron chi connectivity index (χ1n) is 17.3. The van der Waals surface area contributed by atoms with E-state index in [1.807, 2.05) is 12.3 Å². The molecule has 7 rings (SSSR count). The molecule has 5 nitrogen and oxygen atoms in total. The van der Waals surface area contributed by atoms with E-state index in [2.05, 4.69) is 131 Å². The summed E-state index contributed by atoms with van der Waals surface area (Å²) in [7, 11) is 0. The molecule has 240 valence electrons. The highest BCUT2D eigenvalue weighted by molar-refractivity contribution is 6.09. The Balaban J connectivity index is 1.35. The third kappa shape index (κ3) is 5.56. The summed E-state index contributed by atoms with van der Waals surface area (Å²) in [4.78, 5) is 4.76. The van der Waals surface area contributed by atoms with Crippen LogP contribution in [0.2, 0.25) is 0 Å². The molecule has 47 heavy (non-hydrogen) atoms. The number of allylic oxidation sites excluding steroid dienone is 2. The van der Waals surface area contributed by atoms with Crippen LogP contribution in [0.4, 0.5) is 0 Å². The predicted molar refractivity (Wildman–Crippen MR) is 195 cm³/mol. The van der Waals surface area contributed by atoms with Gasteiger partial charge in [-0.05, 0) is 105 Å². The molecule has 0 amide bonds. The summed E-state index contributed by atoms with van der Waals surface area (Å²) in [5, 5.41) is 7.68. The largest absolute Gasteiger partial charge is 0.457 e. The standard InChI is InChI=1S/C42H46N4O/c1-8-36-42(41-28(6)13-12-14-29(41)7)37(9-2)46(44-36)31-22-30(26(3)4)23-33(24-31)47-32-17-18-35-34-15-10-11-16-38(34)45(39(35)25-32)40-21-27(5)19-20-43-40/h10-11,13,15-26,29,41H,8-9,12,14H2,1-7H3/t29-,41+/m0/s1. The molecule has 0 aliphatic heterocycles. The summed E-state index contributed by atoms with van der Waals surface area (Å²) in [5.41, 5.74) is 11.1. The molecular formula is C42H46N4O. The SMILES string of the molecule is CCc1nn(-c2cc(Oc3ccc4c5ccccc5n(-c5cc(C)ccn5)c4c3)cc(C(C)C)c2)c(CC)c1[C@@H]1C(C)=CCC[C@@H]1C. The minimum absolute atomic E-state index is 0.337. The van der Waals surface area contributed by atoms with E-state index in [1.54, 1.807) is 0 Å². The van der Waals surface area contributed by atoms with Gasteiger partial charge in [-0.25, -0.2) is 9.67 Å². The van der Waals surface area contributed by atoms with Gasteiger partial charge in [0.2, 0.25) is 0 Å². The maximum atomic E-state index is 6.75. The summed E-state index contributed by atoms with van der Waals surface area (Å²) in [6.07, 6.45) is 8.57. The van der Waals surface area contributed by atoms with Crippen LogP contribution in [0.5, 0.6) is 11.5 Å². The smallest absolute Gasteiger partial charge is 0.137 e. The quantitative estimate of drug-likeness (QED) is 0.159. The van der Waals surface area contributed by atoms with Gasteiger partial charge in [-0.2, -0.15) is 5.10 Å². The van der Waals surface area contributed by atoms with Gasteiger partial charge < -0.3 is 4.74 Å². The van der Waals surface area contributed by atoms with E-state index >= 15 is 0 Å². The lowest BCUT2D eigenvalue weighted by atomic mass is 9.74. The van der Waals surface area contributed by atoms with Gasteiger partial charge in [-0.1, -0.05) is 64.5 Å². The first-order valence-corrected chi connectivity index (χ1v) is 17.3. The van der Waals surface area contributed by atoms with E-state index in [4.69, 9.17) is 14.8 Å². The molecule has 1 aliphatic carbocycles. The predicted octanol–water partition coefficient (Wildman–Crippen LogP) is 11.2. The molecule has 0 bridgehead atoms. The van der Waals surface area contributed by atoms with Crippen molar-refractivity contribution >= 4 is 21.8 Å². The zero-order valence-electron chi connectivity index (χ0n) is 28.8. The first kappa shape index (κ1) is 31.0. The number of fused-ring (bicyclic) bond motifs is 3. The molecule has 5 heteroatoms. The summed E-state index contributed by atoms with van der Waals surface area (Å²) < 4.78 is 11.2. The molecule has 3 aromatic carbocycles. The fourth-order valence-corrected chi connectivity index (χ4v) is 7.68. The normalized spacial score (nSPS) is 16.7. The molecule has 0 fully saturated rings. The first-order chi connectivity index (χ1) is 22.8. The van der Waals surface area contributed by atoms with Crippen LogP contribution in [-0.4, -0.2) is 19.3 Å². The molecular weight excluding hydrogens is 576 g/mol. The van der Waals surface area contributed by atoms with Crippen LogP contribution in [-0.2, 0) is 12.8 Å². The number of aromatic nitrogens is 4. The fourth-order valence-electron chi connectivity index (χ4n) is 7.68. The van der Waals surface area contributed by atoms with Crippen LogP contribution in [0.25, 0.3) is 33.3 Å². The molecule has 1 aliphatic rings. The van der Waals surface area contributed by atoms with Gasteiger partial charge in [0.05, 0.1) is 22.4 Å². The van der Waals surface area contributed by atoms with Crippen LogP contribution >= 0.6 is 0 Å². The summed E-state index contributed by atoms with van der Waals surface area (Å²) >= 11 is 0. The Morgan fingerprint density at radius 3 is 2.43 bits per heavy atom. The van der Waals surface area contributed by atoms with Gasteiger partial charge in [0.25, 0.3) is 0 Å². The van der Waals surface area contributed by atoms with Crippen molar-refractivity contribution in [3.63, 3.8) is 0 Å². The Kier molecular flexibility index (Phi) is 8.25. The number of benzene rings is 3. The minimum Gasteiger partial charge on any atom is -0.457 e. The number of nitrogens with zero attached hydrogens (tertiary/aromatic N) is 4. The van der Waals surface area contributed by atoms with Gasteiger partial charge in [0, 0.05) is 46.3 Å². The molecule has 2 atom stereocenters. The van der Waals surface area contributed by atoms with E-state index in [1.165, 1.54) is 57.3 Å². The summed E-state index contributed by atoms with van der Waals surface area (Å²) in [5.74, 6) is 3.89. The lowest BCUT2D eigenvalue weighted by molar-refractivity contribution is 0.446. The number of ether oxygens (including phenoxy) is 1. The minimum atomic E-state index is 0.337. The Morgan fingerprint density at radius 2 is 1.68 bits per heavy atom. The van der Waals surface area contributed by atoms with Crippen LogP contribution in [0, 0.1) is 12.8 Å². The molecule has 0 N–H and O–H groups in total. The molecule has 0 unspecified atom stereocenters. The third-order valence-electron chi connectivity index (χ3n) is 10.1. The van der Waals surface area contributed by atoms with Crippen LogP contribution in [0.15, 0.2) is 90.6 Å². The lowest BCUT2D eigenvalue weighted by Gasteiger charge is -2.30. The van der Waals surface area contributed by atoms with E-state index < -0.39 is 0 Å². The second-order valence-corrected chi connectivity index (χ2v) is 13.6. The van der Waals surface area contributed by atoms with Crippen molar-refractivity contribution in [1.29, 1.82) is 0 Å². The highest BCUT2D eigenvalue weighted by atomic mass is 16.5. The third-order valence-corrected chi connectivity index (χ3v) is 10.1. The molecule has 0 saturated carbocycles. The summed E-state index contributed by atoms with van der Waals surface area (Å²) in [6.45, 7) is 15.8. The van der Waals surface area contributed by atoms with Crippen molar-refractivity contribution in [2.75, 3.05) is 0 Å². The average Bonchev–Trinajstić information content (AvgIpc) is 3.60. The van der Waals surface area contributed by atoms with Crippen molar-refractivity contribution in [3.8, 4) is 23.0 Å². The van der Waals surface area contributed by atoms with Gasteiger partial charge in [0.15, 0.2) is 0 Å².